The van der Waals surface area contributed by atoms with Crippen molar-refractivity contribution in [1.82, 2.24) is 0 Å². The summed E-state index contributed by atoms with van der Waals surface area (Å²) in [4.78, 5) is 0. The molecular weight excluding hydrogens is 287 g/mol. The Morgan fingerprint density at radius 2 is 1.38 bits per heavy atom. The highest BCUT2D eigenvalue weighted by molar-refractivity contribution is 5.64. The predicted octanol–water partition coefficient (Wildman–Crippen LogP) is 5.39. The fourth-order valence-corrected chi connectivity index (χ4v) is 2.06. The Bertz CT molecular complexity index is 621. The molecule has 0 bridgehead atoms. The van der Waals surface area contributed by atoms with Gasteiger partial charge in [-0.1, -0.05) is 29.8 Å². The summed E-state index contributed by atoms with van der Waals surface area (Å²) in [5.74, 6) is -2.65. The second-order valence-electron chi connectivity index (χ2n) is 5.06. The van der Waals surface area contributed by atoms with E-state index < -0.39 is 29.3 Å². The van der Waals surface area contributed by atoms with Gasteiger partial charge in [0.25, 0.3) is 6.43 Å². The molecular formula is C16H13F5. The fourth-order valence-electron chi connectivity index (χ4n) is 2.06. The van der Waals surface area contributed by atoms with Crippen LogP contribution in [0.3, 0.4) is 0 Å². The van der Waals surface area contributed by atoms with Crippen LogP contribution in [-0.4, -0.2) is 6.43 Å². The van der Waals surface area contributed by atoms with E-state index in [9.17, 15) is 22.0 Å². The van der Waals surface area contributed by atoms with Crippen molar-refractivity contribution in [3.63, 3.8) is 0 Å². The van der Waals surface area contributed by atoms with Crippen molar-refractivity contribution in [2.24, 2.45) is 0 Å². The lowest BCUT2D eigenvalue weighted by atomic mass is 9.94. The van der Waals surface area contributed by atoms with Gasteiger partial charge in [-0.25, -0.2) is 22.0 Å². The Hall–Kier alpha value is -1.91. The molecule has 0 heterocycles. The quantitative estimate of drug-likeness (QED) is 0.667. The molecule has 0 spiro atoms. The Morgan fingerprint density at radius 1 is 0.905 bits per heavy atom. The highest BCUT2D eigenvalue weighted by Gasteiger charge is 2.42. The molecule has 0 aliphatic heterocycles. The maximum Gasteiger partial charge on any atom is 0.276 e. The van der Waals surface area contributed by atoms with Gasteiger partial charge >= 0.3 is 0 Å². The van der Waals surface area contributed by atoms with Crippen molar-refractivity contribution in [3.05, 3.63) is 59.2 Å². The van der Waals surface area contributed by atoms with Crippen LogP contribution in [0.2, 0.25) is 0 Å². The van der Waals surface area contributed by atoms with E-state index in [2.05, 4.69) is 0 Å². The van der Waals surface area contributed by atoms with Crippen molar-refractivity contribution in [2.75, 3.05) is 0 Å². The summed E-state index contributed by atoms with van der Waals surface area (Å²) < 4.78 is 66.9. The molecule has 0 aliphatic carbocycles. The number of alkyl halides is 3. The van der Waals surface area contributed by atoms with E-state index in [1.165, 1.54) is 0 Å². The third kappa shape index (κ3) is 2.91. The van der Waals surface area contributed by atoms with Crippen LogP contribution in [0.1, 0.15) is 18.1 Å². The average Bonchev–Trinajstić information content (AvgIpc) is 2.38. The van der Waals surface area contributed by atoms with E-state index in [0.29, 0.717) is 12.5 Å². The minimum Gasteiger partial charge on any atom is -0.232 e. The average molecular weight is 300 g/mol. The molecule has 2 aromatic rings. The van der Waals surface area contributed by atoms with Crippen LogP contribution in [0.15, 0.2) is 36.4 Å². The van der Waals surface area contributed by atoms with Gasteiger partial charge < -0.3 is 0 Å². The first-order valence-electron chi connectivity index (χ1n) is 6.27. The van der Waals surface area contributed by atoms with E-state index >= 15 is 0 Å². The van der Waals surface area contributed by atoms with Gasteiger partial charge in [-0.2, -0.15) is 0 Å². The molecule has 0 aromatic heterocycles. The van der Waals surface area contributed by atoms with Crippen LogP contribution in [0.5, 0.6) is 0 Å². The predicted molar refractivity (Wildman–Crippen MR) is 71.0 cm³/mol. The van der Waals surface area contributed by atoms with Crippen LogP contribution in [0, 0.1) is 18.6 Å². The summed E-state index contributed by atoms with van der Waals surface area (Å²) >= 11 is 0. The molecule has 2 rings (SSSR count). The lowest BCUT2D eigenvalue weighted by Gasteiger charge is -2.21. The SMILES string of the molecule is Cc1ccc(-c2cc(F)c(C(C)(F)C(F)F)c(F)c2)cc1. The number of benzene rings is 2. The highest BCUT2D eigenvalue weighted by Crippen LogP contribution is 2.37. The van der Waals surface area contributed by atoms with Crippen LogP contribution in [-0.2, 0) is 5.67 Å². The smallest absolute Gasteiger partial charge is 0.232 e. The summed E-state index contributed by atoms with van der Waals surface area (Å²) in [6.45, 7) is 2.32. The first-order chi connectivity index (χ1) is 9.73. The molecule has 0 radical (unpaired) electrons. The number of aryl methyl sites for hydroxylation is 1. The summed E-state index contributed by atoms with van der Waals surface area (Å²) in [5, 5.41) is 0. The minimum atomic E-state index is -3.52. The molecule has 2 aromatic carbocycles. The van der Waals surface area contributed by atoms with Gasteiger partial charge in [0.2, 0.25) is 0 Å². The Kier molecular flexibility index (Phi) is 4.03. The molecule has 0 N–H and O–H groups in total. The molecule has 1 unspecified atom stereocenters. The third-order valence-electron chi connectivity index (χ3n) is 3.33. The molecule has 21 heavy (non-hydrogen) atoms. The van der Waals surface area contributed by atoms with Crippen molar-refractivity contribution in [3.8, 4) is 11.1 Å². The van der Waals surface area contributed by atoms with Crippen LogP contribution in [0.4, 0.5) is 22.0 Å². The topological polar surface area (TPSA) is 0 Å². The van der Waals surface area contributed by atoms with E-state index in [-0.39, 0.29) is 5.56 Å². The highest BCUT2D eigenvalue weighted by atomic mass is 19.3. The molecule has 0 saturated heterocycles. The largest absolute Gasteiger partial charge is 0.276 e. The molecule has 1 atom stereocenters. The van der Waals surface area contributed by atoms with Gasteiger partial charge in [-0.05, 0) is 37.1 Å². The number of halogens is 5. The van der Waals surface area contributed by atoms with Crippen molar-refractivity contribution in [1.29, 1.82) is 0 Å². The van der Waals surface area contributed by atoms with Crippen LogP contribution >= 0.6 is 0 Å². The molecule has 0 amide bonds. The molecule has 0 aliphatic rings. The van der Waals surface area contributed by atoms with Gasteiger partial charge in [0.05, 0.1) is 5.56 Å². The molecule has 0 saturated carbocycles. The van der Waals surface area contributed by atoms with Gasteiger partial charge in [0, 0.05) is 0 Å². The first-order valence-corrected chi connectivity index (χ1v) is 6.27. The van der Waals surface area contributed by atoms with Gasteiger partial charge in [-0.3, -0.25) is 0 Å². The van der Waals surface area contributed by atoms with Crippen molar-refractivity contribution < 1.29 is 22.0 Å². The number of hydrogen-bond acceptors (Lipinski definition) is 0. The van der Waals surface area contributed by atoms with Gasteiger partial charge in [0.1, 0.15) is 11.6 Å². The summed E-state index contributed by atoms with van der Waals surface area (Å²) in [6.07, 6.45) is -3.52. The number of hydrogen-bond donors (Lipinski definition) is 0. The van der Waals surface area contributed by atoms with E-state index in [1.54, 1.807) is 24.3 Å². The van der Waals surface area contributed by atoms with E-state index in [4.69, 9.17) is 0 Å². The molecule has 112 valence electrons. The monoisotopic (exact) mass is 300 g/mol. The Morgan fingerprint density at radius 3 is 1.81 bits per heavy atom. The summed E-state index contributed by atoms with van der Waals surface area (Å²) in [6, 6.07) is 8.51. The second kappa shape index (κ2) is 5.47. The molecule has 0 fully saturated rings. The molecule has 0 nitrogen and oxygen atoms in total. The zero-order chi connectivity index (χ0) is 15.8. The maximum absolute atomic E-state index is 13.9. The Labute approximate surface area is 119 Å². The van der Waals surface area contributed by atoms with Crippen molar-refractivity contribution >= 4 is 0 Å². The van der Waals surface area contributed by atoms with E-state index in [1.807, 2.05) is 6.92 Å². The van der Waals surface area contributed by atoms with Gasteiger partial charge in [0.15, 0.2) is 5.67 Å². The normalized spacial score (nSPS) is 14.3. The lowest BCUT2D eigenvalue weighted by molar-refractivity contribution is -0.0302. The standard InChI is InChI=1S/C16H13F5/c1-9-3-5-10(6-4-9)11-7-12(17)14(13(18)8-11)16(2,21)15(19)20/h3-8,15H,1-2H3. The first kappa shape index (κ1) is 15.5. The third-order valence-corrected chi connectivity index (χ3v) is 3.33. The van der Waals surface area contributed by atoms with Crippen LogP contribution < -0.4 is 0 Å². The lowest BCUT2D eigenvalue weighted by Crippen LogP contribution is -2.28. The zero-order valence-corrected chi connectivity index (χ0v) is 11.4. The summed E-state index contributed by atoms with van der Waals surface area (Å²) in [5.41, 5.74) is -2.97. The fraction of sp³-hybridized carbons (Fsp3) is 0.250. The van der Waals surface area contributed by atoms with Crippen molar-refractivity contribution in [2.45, 2.75) is 25.9 Å². The second-order valence-corrected chi connectivity index (χ2v) is 5.06. The van der Waals surface area contributed by atoms with Gasteiger partial charge in [-0.15, -0.1) is 0 Å². The van der Waals surface area contributed by atoms with E-state index in [0.717, 1.165) is 17.7 Å². The summed E-state index contributed by atoms with van der Waals surface area (Å²) in [7, 11) is 0. The maximum atomic E-state index is 13.9. The minimum absolute atomic E-state index is 0.166. The van der Waals surface area contributed by atoms with Crippen LogP contribution in [0.25, 0.3) is 11.1 Å². The zero-order valence-electron chi connectivity index (χ0n) is 11.4. The Balaban J connectivity index is 2.54. The molecule has 5 heteroatoms. The number of rotatable bonds is 3.